The normalized spacial score (nSPS) is 13.0. The molecule has 0 amide bonds. The molecule has 3 aromatic rings. The summed E-state index contributed by atoms with van der Waals surface area (Å²) in [6.07, 6.45) is 15.6. The van der Waals surface area contributed by atoms with Crippen LogP contribution >= 0.6 is 0 Å². The molecule has 3 aromatic carbocycles. The van der Waals surface area contributed by atoms with E-state index in [2.05, 4.69) is 137 Å². The summed E-state index contributed by atoms with van der Waals surface area (Å²) in [5.41, 5.74) is 18.1. The van der Waals surface area contributed by atoms with Crippen LogP contribution in [0.25, 0.3) is 0 Å². The van der Waals surface area contributed by atoms with Crippen molar-refractivity contribution in [1.29, 1.82) is 0 Å². The number of hydrogen-bond donors (Lipinski definition) is 2. The van der Waals surface area contributed by atoms with E-state index in [1.807, 2.05) is 60.6 Å². The minimum atomic E-state index is 0.180. The number of rotatable bonds is 11. The van der Waals surface area contributed by atoms with E-state index in [4.69, 9.17) is 10.7 Å². The lowest BCUT2D eigenvalue weighted by Crippen LogP contribution is -2.16. The first kappa shape index (κ1) is 45.4. The van der Waals surface area contributed by atoms with Crippen LogP contribution in [0.4, 0.5) is 0 Å². The lowest BCUT2D eigenvalue weighted by molar-refractivity contribution is 0.730. The van der Waals surface area contributed by atoms with E-state index in [0.29, 0.717) is 6.54 Å². The Labute approximate surface area is 307 Å². The molecule has 1 aliphatic rings. The van der Waals surface area contributed by atoms with Gasteiger partial charge in [0.1, 0.15) is 0 Å². The lowest BCUT2D eigenvalue weighted by Gasteiger charge is -2.18. The van der Waals surface area contributed by atoms with E-state index in [1.54, 1.807) is 12.4 Å². The molecule has 270 valence electrons. The molecular formula is C47H67N3. The van der Waals surface area contributed by atoms with Gasteiger partial charge in [-0.15, -0.1) is 0 Å². The Morgan fingerprint density at radius 3 is 1.76 bits per heavy atom. The van der Waals surface area contributed by atoms with Crippen LogP contribution in [-0.4, -0.2) is 5.71 Å². The maximum absolute atomic E-state index is 5.72. The van der Waals surface area contributed by atoms with Crippen molar-refractivity contribution in [1.82, 2.24) is 5.32 Å². The Hall–Kier alpha value is -4.63. The van der Waals surface area contributed by atoms with E-state index in [-0.39, 0.29) is 6.04 Å². The van der Waals surface area contributed by atoms with Gasteiger partial charge in [-0.1, -0.05) is 158 Å². The summed E-state index contributed by atoms with van der Waals surface area (Å²) in [5.74, 6) is 0. The van der Waals surface area contributed by atoms with E-state index >= 15 is 0 Å². The Kier molecular flexibility index (Phi) is 25.6. The van der Waals surface area contributed by atoms with Crippen molar-refractivity contribution >= 4 is 5.71 Å². The van der Waals surface area contributed by atoms with Crippen LogP contribution in [0.5, 0.6) is 0 Å². The Bertz CT molecular complexity index is 1480. The van der Waals surface area contributed by atoms with Crippen molar-refractivity contribution in [2.24, 2.45) is 10.7 Å². The molecule has 0 bridgehead atoms. The van der Waals surface area contributed by atoms with Crippen LogP contribution in [0.1, 0.15) is 117 Å². The van der Waals surface area contributed by atoms with Gasteiger partial charge in [0.15, 0.2) is 0 Å². The van der Waals surface area contributed by atoms with E-state index < -0.39 is 0 Å². The highest BCUT2D eigenvalue weighted by Crippen LogP contribution is 2.28. The molecular weight excluding hydrogens is 607 g/mol. The molecule has 0 aromatic heterocycles. The molecule has 3 N–H and O–H groups in total. The fourth-order valence-electron chi connectivity index (χ4n) is 5.01. The molecule has 4 rings (SSSR count). The Morgan fingerprint density at radius 2 is 1.30 bits per heavy atom. The number of aryl methyl sites for hydroxylation is 1. The fraction of sp³-hybridized carbons (Fsp3) is 0.340. The van der Waals surface area contributed by atoms with E-state index in [0.717, 1.165) is 30.5 Å². The Morgan fingerprint density at radius 1 is 0.780 bits per heavy atom. The van der Waals surface area contributed by atoms with Crippen molar-refractivity contribution in [3.05, 3.63) is 178 Å². The van der Waals surface area contributed by atoms with Gasteiger partial charge < -0.3 is 11.1 Å². The van der Waals surface area contributed by atoms with Crippen LogP contribution in [0.3, 0.4) is 0 Å². The molecule has 0 aliphatic heterocycles. The highest BCUT2D eigenvalue weighted by atomic mass is 14.9. The zero-order chi connectivity index (χ0) is 37.7. The molecule has 0 saturated carbocycles. The summed E-state index contributed by atoms with van der Waals surface area (Å²) in [7, 11) is 0. The zero-order valence-corrected chi connectivity index (χ0v) is 33.2. The number of nitrogens with one attached hydrogen (secondary N) is 1. The van der Waals surface area contributed by atoms with Gasteiger partial charge in [-0.05, 0) is 116 Å². The first-order chi connectivity index (χ1) is 24.4. The van der Waals surface area contributed by atoms with Gasteiger partial charge in [-0.2, -0.15) is 0 Å². The molecule has 0 unspecified atom stereocenters. The number of allylic oxidation sites excluding steroid dienone is 9. The number of benzene rings is 3. The summed E-state index contributed by atoms with van der Waals surface area (Å²) in [5, 5.41) is 3.28. The van der Waals surface area contributed by atoms with Gasteiger partial charge in [0.05, 0.1) is 12.6 Å². The van der Waals surface area contributed by atoms with Gasteiger partial charge in [-0.25, -0.2) is 0 Å². The van der Waals surface area contributed by atoms with E-state index in [9.17, 15) is 0 Å². The quantitative estimate of drug-likeness (QED) is 0.157. The predicted octanol–water partition coefficient (Wildman–Crippen LogP) is 13.2. The molecule has 0 saturated heterocycles. The monoisotopic (exact) mass is 674 g/mol. The fourth-order valence-corrected chi connectivity index (χ4v) is 5.01. The second-order valence-corrected chi connectivity index (χ2v) is 11.1. The van der Waals surface area contributed by atoms with Crippen molar-refractivity contribution in [3.63, 3.8) is 0 Å². The number of nitrogens with two attached hydrogens (primary N) is 1. The minimum absolute atomic E-state index is 0.180. The van der Waals surface area contributed by atoms with Gasteiger partial charge in [0.25, 0.3) is 0 Å². The van der Waals surface area contributed by atoms with Gasteiger partial charge in [-0.3, -0.25) is 4.99 Å². The summed E-state index contributed by atoms with van der Waals surface area (Å²) < 4.78 is 0. The molecule has 0 atom stereocenters. The average Bonchev–Trinajstić information content (AvgIpc) is 3.19. The number of hydrogen-bond acceptors (Lipinski definition) is 3. The molecule has 0 fully saturated rings. The third kappa shape index (κ3) is 16.7. The van der Waals surface area contributed by atoms with Gasteiger partial charge >= 0.3 is 0 Å². The first-order valence-electron chi connectivity index (χ1n) is 18.6. The summed E-state index contributed by atoms with van der Waals surface area (Å²) in [4.78, 5) is 4.81. The molecule has 0 spiro atoms. The van der Waals surface area contributed by atoms with Crippen LogP contribution in [0.15, 0.2) is 161 Å². The third-order valence-electron chi connectivity index (χ3n) is 7.85. The van der Waals surface area contributed by atoms with E-state index in [1.165, 1.54) is 44.5 Å². The highest BCUT2D eigenvalue weighted by molar-refractivity contribution is 5.94. The first-order valence-corrected chi connectivity index (χ1v) is 18.6. The van der Waals surface area contributed by atoms with Crippen molar-refractivity contribution in [2.75, 3.05) is 0 Å². The van der Waals surface area contributed by atoms with Gasteiger partial charge in [0.2, 0.25) is 0 Å². The molecule has 0 radical (unpaired) electrons. The Balaban J connectivity index is 0.000000922. The average molecular weight is 674 g/mol. The second-order valence-electron chi connectivity index (χ2n) is 11.1. The molecule has 0 heterocycles. The number of nitrogens with zero attached hydrogens (tertiary/aromatic N) is 1. The van der Waals surface area contributed by atoms with Crippen LogP contribution in [0.2, 0.25) is 0 Å². The largest absolute Gasteiger partial charge is 0.404 e. The standard InChI is InChI=1S/C26H34N2.C15H15N.3C2H6/c1-6-23-11-13-24(14-12-23)18-28-22(5)16-25(15-20(3)21(4)17-27)26-10-8-7-9-19(26)2;1-2-16-15(13-9-5-3-6-10-13)14-11-7-4-8-12-14;3*1-2/h7,9,11-17H,6,8,10,18,27H2,1-5H3;2-12,15-16H,1H2;3*1-2H3/b20-15+,21-17-,25-16+,28-22?;;;;. The second kappa shape index (κ2) is 28.2. The summed E-state index contributed by atoms with van der Waals surface area (Å²) in [6.45, 7) is 27.1. The zero-order valence-electron chi connectivity index (χ0n) is 33.2. The molecule has 1 aliphatic carbocycles. The minimum Gasteiger partial charge on any atom is -0.404 e. The highest BCUT2D eigenvalue weighted by Gasteiger charge is 2.11. The van der Waals surface area contributed by atoms with Crippen molar-refractivity contribution in [2.45, 2.75) is 108 Å². The van der Waals surface area contributed by atoms with Crippen LogP contribution in [-0.2, 0) is 13.0 Å². The summed E-state index contributed by atoms with van der Waals surface area (Å²) >= 11 is 0. The third-order valence-corrected chi connectivity index (χ3v) is 7.85. The molecule has 3 heteroatoms. The lowest BCUT2D eigenvalue weighted by atomic mass is 9.90. The van der Waals surface area contributed by atoms with Crippen LogP contribution < -0.4 is 11.1 Å². The molecule has 50 heavy (non-hydrogen) atoms. The maximum Gasteiger partial charge on any atom is 0.0762 e. The number of aliphatic imine (C=N–C) groups is 1. The van der Waals surface area contributed by atoms with Gasteiger partial charge in [0, 0.05) is 5.71 Å². The topological polar surface area (TPSA) is 50.4 Å². The molecule has 3 nitrogen and oxygen atoms in total. The predicted molar refractivity (Wildman–Crippen MR) is 226 cm³/mol. The van der Waals surface area contributed by atoms with Crippen LogP contribution in [0, 0.1) is 0 Å². The van der Waals surface area contributed by atoms with Crippen molar-refractivity contribution in [3.8, 4) is 0 Å². The van der Waals surface area contributed by atoms with Crippen molar-refractivity contribution < 1.29 is 0 Å². The smallest absolute Gasteiger partial charge is 0.0762 e. The summed E-state index contributed by atoms with van der Waals surface area (Å²) in [6, 6.07) is 29.7. The SMILES string of the molecule is C=CNC(c1ccccc1)c1ccccc1.CC.CC.CC.CCc1ccc(CN=C(C)\C=C(/C=C(C)/C(C)=C\N)C2=C(C)C=CCC2)cc1. The maximum atomic E-state index is 5.72.